The van der Waals surface area contributed by atoms with Gasteiger partial charge < -0.3 is 24.1 Å². The lowest BCUT2D eigenvalue weighted by atomic mass is 10.1. The molecule has 4 aromatic carbocycles. The lowest BCUT2D eigenvalue weighted by molar-refractivity contribution is -0.131. The van der Waals surface area contributed by atoms with Crippen LogP contribution in [0.3, 0.4) is 0 Å². The van der Waals surface area contributed by atoms with E-state index in [-0.39, 0.29) is 19.2 Å². The van der Waals surface area contributed by atoms with E-state index in [1.165, 1.54) is 13.8 Å². The molecule has 0 saturated carbocycles. The van der Waals surface area contributed by atoms with Crippen LogP contribution in [0.1, 0.15) is 57.9 Å². The summed E-state index contributed by atoms with van der Waals surface area (Å²) in [6, 6.07) is 26.7. The van der Waals surface area contributed by atoms with Crippen LogP contribution < -0.4 is 18.9 Å². The SMILES string of the molecule is C.COc1ccc(OC(=O)c2ccc(C(C)=O)cc2)cc1.COc1ccc(OC(C)=O)cc1.Cc1ccc(C(=O)O)cc1. The van der Waals surface area contributed by atoms with Gasteiger partial charge in [-0.2, -0.15) is 0 Å². The predicted molar refractivity (Wildman–Crippen MR) is 164 cm³/mol. The third-order valence-corrected chi connectivity index (χ3v) is 5.42. The van der Waals surface area contributed by atoms with E-state index in [1.807, 2.05) is 6.92 Å². The number of hydrogen-bond donors (Lipinski definition) is 1. The quantitative estimate of drug-likeness (QED) is 0.137. The van der Waals surface area contributed by atoms with Gasteiger partial charge >= 0.3 is 17.9 Å². The molecule has 0 amide bonds. The molecule has 4 rings (SSSR count). The van der Waals surface area contributed by atoms with Gasteiger partial charge in [0.15, 0.2) is 5.78 Å². The lowest BCUT2D eigenvalue weighted by Crippen LogP contribution is -2.08. The van der Waals surface area contributed by atoms with E-state index in [0.29, 0.717) is 33.9 Å². The molecule has 0 heterocycles. The molecule has 9 nitrogen and oxygen atoms in total. The maximum absolute atomic E-state index is 11.9. The van der Waals surface area contributed by atoms with Crippen molar-refractivity contribution in [3.63, 3.8) is 0 Å². The van der Waals surface area contributed by atoms with Crippen molar-refractivity contribution in [3.05, 3.63) is 119 Å². The Balaban J connectivity index is 0.000000345. The van der Waals surface area contributed by atoms with Crippen LogP contribution in [0.4, 0.5) is 0 Å². The van der Waals surface area contributed by atoms with Gasteiger partial charge in [0, 0.05) is 12.5 Å². The first-order valence-electron chi connectivity index (χ1n) is 12.6. The molecule has 0 aliphatic heterocycles. The average molecular weight is 589 g/mol. The largest absolute Gasteiger partial charge is 0.497 e. The Labute approximate surface area is 251 Å². The Kier molecular flexibility index (Phi) is 15.0. The fraction of sp³-hybridized carbons (Fsp3) is 0.176. The molecule has 0 saturated heterocycles. The summed E-state index contributed by atoms with van der Waals surface area (Å²) in [5.74, 6) is 0.696. The van der Waals surface area contributed by atoms with Crippen LogP contribution in [0.2, 0.25) is 0 Å². The molecule has 0 bridgehead atoms. The number of methoxy groups -OCH3 is 2. The number of rotatable bonds is 7. The third-order valence-electron chi connectivity index (χ3n) is 5.42. The van der Waals surface area contributed by atoms with Gasteiger partial charge in [0.2, 0.25) is 0 Å². The van der Waals surface area contributed by atoms with E-state index in [0.717, 1.165) is 11.3 Å². The molecule has 1 N–H and O–H groups in total. The number of hydrogen-bond acceptors (Lipinski definition) is 8. The summed E-state index contributed by atoms with van der Waals surface area (Å²) in [5.41, 5.74) is 2.37. The van der Waals surface area contributed by atoms with Gasteiger partial charge in [-0.1, -0.05) is 37.3 Å². The molecular formula is C34H36O9. The molecule has 4 aromatic rings. The average Bonchev–Trinajstić information content (AvgIpc) is 2.98. The van der Waals surface area contributed by atoms with Crippen LogP contribution in [0, 0.1) is 6.92 Å². The number of benzene rings is 4. The van der Waals surface area contributed by atoms with Gasteiger partial charge in [-0.05, 0) is 86.6 Å². The molecule has 43 heavy (non-hydrogen) atoms. The van der Waals surface area contributed by atoms with E-state index < -0.39 is 11.9 Å². The Morgan fingerprint density at radius 2 is 0.907 bits per heavy atom. The molecule has 0 spiro atoms. The highest BCUT2D eigenvalue weighted by atomic mass is 16.5. The normalized spacial score (nSPS) is 9.33. The molecule has 0 aliphatic rings. The number of ether oxygens (including phenoxy) is 4. The van der Waals surface area contributed by atoms with Gasteiger partial charge in [-0.3, -0.25) is 9.59 Å². The number of aryl methyl sites for hydroxylation is 1. The molecule has 9 heteroatoms. The van der Waals surface area contributed by atoms with Crippen molar-refractivity contribution in [1.29, 1.82) is 0 Å². The topological polar surface area (TPSA) is 125 Å². The molecule has 226 valence electrons. The van der Waals surface area contributed by atoms with Crippen LogP contribution in [-0.2, 0) is 4.79 Å². The van der Waals surface area contributed by atoms with E-state index in [4.69, 9.17) is 24.1 Å². The molecule has 0 radical (unpaired) electrons. The minimum Gasteiger partial charge on any atom is -0.497 e. The van der Waals surface area contributed by atoms with Crippen molar-refractivity contribution in [1.82, 2.24) is 0 Å². The van der Waals surface area contributed by atoms with Crippen molar-refractivity contribution >= 4 is 23.7 Å². The molecule has 0 atom stereocenters. The second kappa shape index (κ2) is 18.1. The summed E-state index contributed by atoms with van der Waals surface area (Å²) in [7, 11) is 3.15. The van der Waals surface area contributed by atoms with Crippen molar-refractivity contribution in [2.45, 2.75) is 28.2 Å². The summed E-state index contributed by atoms with van der Waals surface area (Å²) in [5, 5.41) is 8.48. The Morgan fingerprint density at radius 1 is 0.535 bits per heavy atom. The van der Waals surface area contributed by atoms with Crippen molar-refractivity contribution < 1.29 is 43.2 Å². The van der Waals surface area contributed by atoms with Crippen LogP contribution in [0.15, 0.2) is 97.1 Å². The Morgan fingerprint density at radius 3 is 1.28 bits per heavy atom. The van der Waals surface area contributed by atoms with Crippen molar-refractivity contribution in [2.75, 3.05) is 14.2 Å². The van der Waals surface area contributed by atoms with Gasteiger partial charge in [0.1, 0.15) is 23.0 Å². The minimum atomic E-state index is -0.875. The maximum Gasteiger partial charge on any atom is 0.343 e. The fourth-order valence-electron chi connectivity index (χ4n) is 3.16. The number of carboxylic acid groups (broad SMARTS) is 1. The first-order valence-corrected chi connectivity index (χ1v) is 12.6. The van der Waals surface area contributed by atoms with Crippen LogP contribution in [-0.4, -0.2) is 43.0 Å². The number of Topliss-reactive ketones (excluding diaryl/α,β-unsaturated/α-hetero) is 1. The van der Waals surface area contributed by atoms with Gasteiger partial charge in [-0.15, -0.1) is 0 Å². The molecule has 0 fully saturated rings. The summed E-state index contributed by atoms with van der Waals surface area (Å²) in [6.45, 7) is 4.76. The summed E-state index contributed by atoms with van der Waals surface area (Å²) in [4.78, 5) is 43.9. The van der Waals surface area contributed by atoms with Crippen LogP contribution in [0.25, 0.3) is 0 Å². The molecule has 0 aromatic heterocycles. The van der Waals surface area contributed by atoms with E-state index in [9.17, 15) is 19.2 Å². The Hall–Kier alpha value is -5.44. The highest BCUT2D eigenvalue weighted by Crippen LogP contribution is 2.19. The number of carboxylic acids is 1. The number of carbonyl (C=O) groups excluding carboxylic acids is 3. The summed E-state index contributed by atoms with van der Waals surface area (Å²) < 4.78 is 20.0. The maximum atomic E-state index is 11.9. The van der Waals surface area contributed by atoms with Crippen molar-refractivity contribution in [2.24, 2.45) is 0 Å². The zero-order valence-electron chi connectivity index (χ0n) is 24.0. The smallest absolute Gasteiger partial charge is 0.343 e. The number of ketones is 1. The number of aromatic carboxylic acids is 1. The van der Waals surface area contributed by atoms with E-state index >= 15 is 0 Å². The summed E-state index contributed by atoms with van der Waals surface area (Å²) >= 11 is 0. The van der Waals surface area contributed by atoms with Crippen molar-refractivity contribution in [3.8, 4) is 23.0 Å². The zero-order chi connectivity index (χ0) is 31.1. The lowest BCUT2D eigenvalue weighted by Gasteiger charge is -2.05. The second-order valence-electron chi connectivity index (χ2n) is 8.64. The Bertz CT molecular complexity index is 1460. The van der Waals surface area contributed by atoms with E-state index in [1.54, 1.807) is 111 Å². The minimum absolute atomic E-state index is 0. The number of carbonyl (C=O) groups is 4. The predicted octanol–water partition coefficient (Wildman–Crippen LogP) is 7.07. The highest BCUT2D eigenvalue weighted by molar-refractivity contribution is 5.96. The highest BCUT2D eigenvalue weighted by Gasteiger charge is 2.09. The molecular weight excluding hydrogens is 552 g/mol. The van der Waals surface area contributed by atoms with Gasteiger partial charge in [-0.25, -0.2) is 9.59 Å². The van der Waals surface area contributed by atoms with Crippen LogP contribution >= 0.6 is 0 Å². The molecule has 0 unspecified atom stereocenters. The zero-order valence-corrected chi connectivity index (χ0v) is 24.0. The first kappa shape index (κ1) is 35.6. The third kappa shape index (κ3) is 12.7. The van der Waals surface area contributed by atoms with E-state index in [2.05, 4.69) is 0 Å². The number of esters is 2. The standard InChI is InChI=1S/C16H14O4.C9H10O3.C8H8O2.CH4/c1-11(17)12-3-5-13(6-4-12)16(18)20-15-9-7-14(19-2)8-10-15;1-7(10)12-9-5-3-8(11-2)4-6-9;1-6-2-4-7(5-3-6)8(9)10;/h3-10H,1-2H3;3-6H,1-2H3;2-5H,1H3,(H,9,10);1H4. The second-order valence-corrected chi connectivity index (χ2v) is 8.64. The summed E-state index contributed by atoms with van der Waals surface area (Å²) in [6.07, 6.45) is 0. The molecule has 0 aliphatic carbocycles. The fourth-order valence-corrected chi connectivity index (χ4v) is 3.16. The van der Waals surface area contributed by atoms with Gasteiger partial charge in [0.25, 0.3) is 0 Å². The van der Waals surface area contributed by atoms with Gasteiger partial charge in [0.05, 0.1) is 25.3 Å². The van der Waals surface area contributed by atoms with Crippen LogP contribution in [0.5, 0.6) is 23.0 Å². The monoisotopic (exact) mass is 588 g/mol. The first-order chi connectivity index (χ1) is 20.0.